The normalized spacial score (nSPS) is 14.5. The van der Waals surface area contributed by atoms with E-state index < -0.39 is 0 Å². The first-order valence-corrected chi connectivity index (χ1v) is 6.75. The van der Waals surface area contributed by atoms with Crippen LogP contribution < -0.4 is 5.32 Å². The molecule has 0 aliphatic carbocycles. The molecule has 0 radical (unpaired) electrons. The van der Waals surface area contributed by atoms with E-state index in [1.165, 1.54) is 16.3 Å². The second-order valence-corrected chi connectivity index (χ2v) is 5.08. The van der Waals surface area contributed by atoms with Gasteiger partial charge in [0.15, 0.2) is 0 Å². The molecule has 0 bridgehead atoms. The van der Waals surface area contributed by atoms with Crippen molar-refractivity contribution in [1.82, 2.24) is 10.3 Å². The van der Waals surface area contributed by atoms with Crippen LogP contribution in [0.25, 0.3) is 10.8 Å². The van der Waals surface area contributed by atoms with Gasteiger partial charge in [-0.2, -0.15) is 0 Å². The molecule has 0 spiro atoms. The Bertz CT molecular complexity index is 522. The lowest BCUT2D eigenvalue weighted by atomic mass is 9.93. The van der Waals surface area contributed by atoms with Crippen LogP contribution in [0.5, 0.6) is 0 Å². The Kier molecular flexibility index (Phi) is 4.88. The monoisotopic (exact) mass is 258 g/mol. The van der Waals surface area contributed by atoms with Gasteiger partial charge in [0.2, 0.25) is 0 Å². The lowest BCUT2D eigenvalue weighted by Gasteiger charge is -2.22. The molecule has 0 aliphatic heterocycles. The molecule has 1 N–H and O–H groups in total. The van der Waals surface area contributed by atoms with Crippen LogP contribution in [0.4, 0.5) is 0 Å². The molecule has 3 heteroatoms. The summed E-state index contributed by atoms with van der Waals surface area (Å²) in [6.07, 6.45) is 4.84. The summed E-state index contributed by atoms with van der Waals surface area (Å²) < 4.78 is 5.23. The van der Waals surface area contributed by atoms with E-state index in [0.717, 1.165) is 13.0 Å². The first-order chi connectivity index (χ1) is 9.26. The zero-order chi connectivity index (χ0) is 13.7. The van der Waals surface area contributed by atoms with Gasteiger partial charge in [-0.05, 0) is 36.4 Å². The van der Waals surface area contributed by atoms with Gasteiger partial charge < -0.3 is 10.1 Å². The molecular weight excluding hydrogens is 236 g/mol. The summed E-state index contributed by atoms with van der Waals surface area (Å²) in [7, 11) is 3.78. The molecule has 0 saturated carbocycles. The highest BCUT2D eigenvalue weighted by molar-refractivity contribution is 5.85. The predicted molar refractivity (Wildman–Crippen MR) is 79.2 cm³/mol. The number of rotatable bonds is 6. The summed E-state index contributed by atoms with van der Waals surface area (Å²) >= 11 is 0. The predicted octanol–water partition coefficient (Wildman–Crippen LogP) is 3.17. The van der Waals surface area contributed by atoms with Crippen molar-refractivity contribution in [1.29, 1.82) is 0 Å². The second kappa shape index (κ2) is 6.64. The Labute approximate surface area is 115 Å². The fourth-order valence-electron chi connectivity index (χ4n) is 2.61. The minimum Gasteiger partial charge on any atom is -0.384 e. The molecule has 19 heavy (non-hydrogen) atoms. The van der Waals surface area contributed by atoms with Gasteiger partial charge in [0, 0.05) is 37.5 Å². The lowest BCUT2D eigenvalue weighted by Crippen LogP contribution is -2.21. The van der Waals surface area contributed by atoms with Crippen LogP contribution >= 0.6 is 0 Å². The third-order valence-corrected chi connectivity index (χ3v) is 3.53. The van der Waals surface area contributed by atoms with Gasteiger partial charge >= 0.3 is 0 Å². The van der Waals surface area contributed by atoms with Crippen LogP contribution in [0.1, 0.15) is 24.9 Å². The van der Waals surface area contributed by atoms with E-state index in [1.54, 1.807) is 7.11 Å². The fraction of sp³-hybridized carbons (Fsp3) is 0.438. The van der Waals surface area contributed by atoms with Crippen molar-refractivity contribution in [3.8, 4) is 0 Å². The van der Waals surface area contributed by atoms with Gasteiger partial charge in [-0.15, -0.1) is 0 Å². The summed E-state index contributed by atoms with van der Waals surface area (Å²) in [5, 5.41) is 5.90. The van der Waals surface area contributed by atoms with E-state index in [2.05, 4.69) is 41.5 Å². The molecule has 2 unspecified atom stereocenters. The van der Waals surface area contributed by atoms with Crippen molar-refractivity contribution < 1.29 is 4.74 Å². The van der Waals surface area contributed by atoms with Crippen LogP contribution in [0.3, 0.4) is 0 Å². The third kappa shape index (κ3) is 3.31. The van der Waals surface area contributed by atoms with Gasteiger partial charge in [-0.25, -0.2) is 0 Å². The van der Waals surface area contributed by atoms with Crippen LogP contribution in [0.2, 0.25) is 0 Å². The van der Waals surface area contributed by atoms with Crippen molar-refractivity contribution in [3.63, 3.8) is 0 Å². The number of ether oxygens (including phenoxy) is 1. The molecule has 2 rings (SSSR count). The number of aromatic nitrogens is 1. The average Bonchev–Trinajstić information content (AvgIpc) is 2.44. The van der Waals surface area contributed by atoms with Crippen LogP contribution in [-0.2, 0) is 4.74 Å². The molecule has 0 aliphatic rings. The number of pyridine rings is 1. The number of methoxy groups -OCH3 is 1. The Morgan fingerprint density at radius 1 is 1.32 bits per heavy atom. The zero-order valence-electron chi connectivity index (χ0n) is 11.9. The third-order valence-electron chi connectivity index (χ3n) is 3.53. The van der Waals surface area contributed by atoms with Gasteiger partial charge in [0.05, 0.1) is 0 Å². The largest absolute Gasteiger partial charge is 0.384 e. The van der Waals surface area contributed by atoms with Gasteiger partial charge in [0.25, 0.3) is 0 Å². The maximum absolute atomic E-state index is 5.23. The number of hydrogen-bond donors (Lipinski definition) is 1. The molecule has 2 aromatic rings. The van der Waals surface area contributed by atoms with Crippen molar-refractivity contribution in [2.75, 3.05) is 20.8 Å². The van der Waals surface area contributed by atoms with E-state index in [9.17, 15) is 0 Å². The molecule has 102 valence electrons. The van der Waals surface area contributed by atoms with Crippen molar-refractivity contribution in [2.45, 2.75) is 19.4 Å². The summed E-state index contributed by atoms with van der Waals surface area (Å²) in [6, 6.07) is 8.84. The van der Waals surface area contributed by atoms with Crippen LogP contribution in [0.15, 0.2) is 36.7 Å². The molecule has 3 nitrogen and oxygen atoms in total. The number of fused-ring (bicyclic) bond motifs is 1. The highest BCUT2D eigenvalue weighted by Gasteiger charge is 2.15. The quantitative estimate of drug-likeness (QED) is 0.864. The summed E-state index contributed by atoms with van der Waals surface area (Å²) in [6.45, 7) is 3.02. The maximum atomic E-state index is 5.23. The molecule has 1 aromatic carbocycles. The average molecular weight is 258 g/mol. The summed E-state index contributed by atoms with van der Waals surface area (Å²) in [5.41, 5.74) is 1.34. The van der Waals surface area contributed by atoms with E-state index >= 15 is 0 Å². The van der Waals surface area contributed by atoms with Gasteiger partial charge in [-0.3, -0.25) is 4.98 Å². The highest BCUT2D eigenvalue weighted by atomic mass is 16.5. The van der Waals surface area contributed by atoms with E-state index in [0.29, 0.717) is 12.0 Å². The standard InChI is InChI=1S/C16H22N2O/c1-12(11-19-3)9-16(17-2)15-6-4-5-13-10-18-8-7-14(13)15/h4-8,10,12,16-17H,9,11H2,1-3H3. The summed E-state index contributed by atoms with van der Waals surface area (Å²) in [5.74, 6) is 0.527. The Balaban J connectivity index is 2.30. The van der Waals surface area contributed by atoms with Crippen molar-refractivity contribution in [2.24, 2.45) is 5.92 Å². The Hall–Kier alpha value is -1.45. The molecule has 0 saturated heterocycles. The van der Waals surface area contributed by atoms with Crippen LogP contribution in [0, 0.1) is 5.92 Å². The van der Waals surface area contributed by atoms with Crippen molar-refractivity contribution >= 4 is 10.8 Å². The van der Waals surface area contributed by atoms with Gasteiger partial charge in [0.1, 0.15) is 0 Å². The van der Waals surface area contributed by atoms with E-state index in [-0.39, 0.29) is 0 Å². The first-order valence-electron chi connectivity index (χ1n) is 6.75. The number of hydrogen-bond acceptors (Lipinski definition) is 3. The highest BCUT2D eigenvalue weighted by Crippen LogP contribution is 2.27. The zero-order valence-corrected chi connectivity index (χ0v) is 11.9. The second-order valence-electron chi connectivity index (χ2n) is 5.08. The van der Waals surface area contributed by atoms with Gasteiger partial charge in [-0.1, -0.05) is 25.1 Å². The lowest BCUT2D eigenvalue weighted by molar-refractivity contribution is 0.150. The molecule has 1 aromatic heterocycles. The van der Waals surface area contributed by atoms with Crippen LogP contribution in [-0.4, -0.2) is 25.7 Å². The molecule has 2 atom stereocenters. The SMILES string of the molecule is CNC(CC(C)COC)c1cccc2cnccc12. The minimum atomic E-state index is 0.344. The number of benzene rings is 1. The topological polar surface area (TPSA) is 34.1 Å². The number of nitrogens with zero attached hydrogens (tertiary/aromatic N) is 1. The summed E-state index contributed by atoms with van der Waals surface area (Å²) in [4.78, 5) is 4.19. The van der Waals surface area contributed by atoms with E-state index in [4.69, 9.17) is 4.74 Å². The molecule has 1 heterocycles. The van der Waals surface area contributed by atoms with E-state index in [1.807, 2.05) is 19.4 Å². The Morgan fingerprint density at radius 3 is 2.89 bits per heavy atom. The Morgan fingerprint density at radius 2 is 2.16 bits per heavy atom. The number of nitrogens with one attached hydrogen (secondary N) is 1. The molecular formula is C16H22N2O. The minimum absolute atomic E-state index is 0.344. The fourth-order valence-corrected chi connectivity index (χ4v) is 2.61. The van der Waals surface area contributed by atoms with Crippen molar-refractivity contribution in [3.05, 3.63) is 42.2 Å². The smallest absolute Gasteiger partial charge is 0.0488 e. The maximum Gasteiger partial charge on any atom is 0.0488 e. The molecule has 0 fully saturated rings. The first kappa shape index (κ1) is 14.0. The molecule has 0 amide bonds.